The second-order valence-electron chi connectivity index (χ2n) is 2.82. The fourth-order valence-corrected chi connectivity index (χ4v) is 1.75. The summed E-state index contributed by atoms with van der Waals surface area (Å²) in [6, 6.07) is 4.97. The molecule has 2 N–H and O–H groups in total. The van der Waals surface area contributed by atoms with Crippen LogP contribution in [0.4, 0.5) is 0 Å². The number of rotatable bonds is 3. The average molecular weight is 168 g/mol. The maximum atomic E-state index is 3.47. The predicted octanol–water partition coefficient (Wildman–Crippen LogP) is 0.809. The summed E-state index contributed by atoms with van der Waals surface area (Å²) in [5.41, 5.74) is 0. The summed E-state index contributed by atoms with van der Waals surface area (Å²) < 4.78 is 0. The predicted molar refractivity (Wildman–Crippen MR) is 47.8 cm³/mol. The van der Waals surface area contributed by atoms with Gasteiger partial charge in [0.2, 0.25) is 0 Å². The molecular weight excluding hydrogens is 156 g/mol. The van der Waals surface area contributed by atoms with E-state index in [0.29, 0.717) is 6.04 Å². The van der Waals surface area contributed by atoms with Gasteiger partial charge in [0, 0.05) is 30.6 Å². The summed E-state index contributed by atoms with van der Waals surface area (Å²) in [6.07, 6.45) is 0. The largest absolute Gasteiger partial charge is 0.314 e. The third-order valence-electron chi connectivity index (χ3n) is 1.93. The molecule has 2 heterocycles. The fraction of sp³-hybridized carbons (Fsp3) is 0.500. The van der Waals surface area contributed by atoms with Crippen LogP contribution in [0.5, 0.6) is 0 Å². The van der Waals surface area contributed by atoms with Gasteiger partial charge in [0.15, 0.2) is 0 Å². The molecule has 0 radical (unpaired) electrons. The van der Waals surface area contributed by atoms with E-state index in [9.17, 15) is 0 Å². The molecule has 1 aromatic heterocycles. The summed E-state index contributed by atoms with van der Waals surface area (Å²) in [7, 11) is 0. The van der Waals surface area contributed by atoms with E-state index >= 15 is 0 Å². The standard InChI is InChI=1S/C8H12N2S/c1-2-8(11-3-1)6-10-7-4-9-5-7/h1-3,7,9-10H,4-6H2. The minimum Gasteiger partial charge on any atom is -0.314 e. The van der Waals surface area contributed by atoms with Gasteiger partial charge in [0.05, 0.1) is 0 Å². The molecule has 1 aliphatic rings. The average Bonchev–Trinajstić information content (AvgIpc) is 2.36. The van der Waals surface area contributed by atoms with E-state index in [-0.39, 0.29) is 0 Å². The van der Waals surface area contributed by atoms with Crippen LogP contribution in [0, 0.1) is 0 Å². The van der Waals surface area contributed by atoms with Gasteiger partial charge >= 0.3 is 0 Å². The van der Waals surface area contributed by atoms with Crippen molar-refractivity contribution in [2.45, 2.75) is 12.6 Å². The lowest BCUT2D eigenvalue weighted by molar-refractivity contribution is 0.366. The fourth-order valence-electron chi connectivity index (χ4n) is 1.09. The summed E-state index contributed by atoms with van der Waals surface area (Å²) in [5, 5.41) is 8.82. The van der Waals surface area contributed by atoms with Crippen LogP contribution in [-0.4, -0.2) is 19.1 Å². The van der Waals surface area contributed by atoms with Crippen LogP contribution >= 0.6 is 11.3 Å². The van der Waals surface area contributed by atoms with Gasteiger partial charge in [0.25, 0.3) is 0 Å². The summed E-state index contributed by atoms with van der Waals surface area (Å²) in [5.74, 6) is 0. The Morgan fingerprint density at radius 1 is 1.64 bits per heavy atom. The highest BCUT2D eigenvalue weighted by Gasteiger charge is 2.14. The minimum absolute atomic E-state index is 0.706. The Hall–Kier alpha value is -0.380. The summed E-state index contributed by atoms with van der Waals surface area (Å²) in [4.78, 5) is 1.43. The molecule has 2 nitrogen and oxygen atoms in total. The first-order chi connectivity index (χ1) is 5.45. The Morgan fingerprint density at radius 3 is 3.09 bits per heavy atom. The monoisotopic (exact) mass is 168 g/mol. The first-order valence-electron chi connectivity index (χ1n) is 3.91. The first-order valence-corrected chi connectivity index (χ1v) is 4.79. The highest BCUT2D eigenvalue weighted by atomic mass is 32.1. The Kier molecular flexibility index (Phi) is 2.21. The molecule has 0 aromatic carbocycles. The van der Waals surface area contributed by atoms with Crippen molar-refractivity contribution in [2.24, 2.45) is 0 Å². The molecule has 0 unspecified atom stereocenters. The quantitative estimate of drug-likeness (QED) is 0.698. The lowest BCUT2D eigenvalue weighted by Gasteiger charge is -2.27. The second-order valence-corrected chi connectivity index (χ2v) is 3.85. The molecule has 1 aliphatic heterocycles. The van der Waals surface area contributed by atoms with Gasteiger partial charge in [0.1, 0.15) is 0 Å². The molecule has 60 valence electrons. The maximum absolute atomic E-state index is 3.47. The number of hydrogen-bond acceptors (Lipinski definition) is 3. The Morgan fingerprint density at radius 2 is 2.55 bits per heavy atom. The highest BCUT2D eigenvalue weighted by Crippen LogP contribution is 2.08. The molecule has 1 saturated heterocycles. The second kappa shape index (κ2) is 3.34. The van der Waals surface area contributed by atoms with E-state index in [1.165, 1.54) is 4.88 Å². The van der Waals surface area contributed by atoms with E-state index in [4.69, 9.17) is 0 Å². The van der Waals surface area contributed by atoms with Gasteiger partial charge in [-0.3, -0.25) is 0 Å². The van der Waals surface area contributed by atoms with Crippen molar-refractivity contribution in [3.8, 4) is 0 Å². The van der Waals surface area contributed by atoms with Crippen molar-refractivity contribution in [3.63, 3.8) is 0 Å². The molecule has 0 atom stereocenters. The molecule has 1 fully saturated rings. The van der Waals surface area contributed by atoms with Gasteiger partial charge in [-0.25, -0.2) is 0 Å². The van der Waals surface area contributed by atoms with Crippen LogP contribution in [0.2, 0.25) is 0 Å². The molecule has 0 saturated carbocycles. The molecule has 11 heavy (non-hydrogen) atoms. The van der Waals surface area contributed by atoms with Gasteiger partial charge in [-0.2, -0.15) is 0 Å². The van der Waals surface area contributed by atoms with E-state index in [2.05, 4.69) is 28.1 Å². The molecule has 0 amide bonds. The van der Waals surface area contributed by atoms with Crippen LogP contribution in [0.3, 0.4) is 0 Å². The van der Waals surface area contributed by atoms with E-state index < -0.39 is 0 Å². The van der Waals surface area contributed by atoms with Gasteiger partial charge in [-0.15, -0.1) is 11.3 Å². The highest BCUT2D eigenvalue weighted by molar-refractivity contribution is 7.09. The van der Waals surface area contributed by atoms with Crippen LogP contribution in [0.1, 0.15) is 4.88 Å². The molecule has 0 aliphatic carbocycles. The van der Waals surface area contributed by atoms with Crippen LogP contribution in [0.25, 0.3) is 0 Å². The van der Waals surface area contributed by atoms with Crippen molar-refractivity contribution in [3.05, 3.63) is 22.4 Å². The van der Waals surface area contributed by atoms with Crippen molar-refractivity contribution in [2.75, 3.05) is 13.1 Å². The maximum Gasteiger partial charge on any atom is 0.0320 e. The topological polar surface area (TPSA) is 24.1 Å². The zero-order chi connectivity index (χ0) is 7.52. The lowest BCUT2D eigenvalue weighted by atomic mass is 10.2. The van der Waals surface area contributed by atoms with E-state index in [1.54, 1.807) is 0 Å². The first kappa shape index (κ1) is 7.28. The zero-order valence-corrected chi connectivity index (χ0v) is 7.16. The number of thiophene rings is 1. The van der Waals surface area contributed by atoms with Gasteiger partial charge in [-0.1, -0.05) is 6.07 Å². The van der Waals surface area contributed by atoms with Gasteiger partial charge < -0.3 is 10.6 Å². The van der Waals surface area contributed by atoms with Crippen LogP contribution < -0.4 is 10.6 Å². The molecule has 2 rings (SSSR count). The summed E-state index contributed by atoms with van der Waals surface area (Å²) in [6.45, 7) is 3.29. The van der Waals surface area contributed by atoms with Crippen molar-refractivity contribution >= 4 is 11.3 Å². The molecule has 3 heteroatoms. The molecular formula is C8H12N2S. The number of nitrogens with one attached hydrogen (secondary N) is 2. The summed E-state index contributed by atoms with van der Waals surface area (Å²) >= 11 is 1.82. The SMILES string of the molecule is c1csc(CNC2CNC2)c1. The third kappa shape index (κ3) is 1.80. The molecule has 1 aromatic rings. The van der Waals surface area contributed by atoms with Crippen LogP contribution in [-0.2, 0) is 6.54 Å². The van der Waals surface area contributed by atoms with E-state index in [0.717, 1.165) is 19.6 Å². The minimum atomic E-state index is 0.706. The Bertz CT molecular complexity index is 204. The molecule has 0 spiro atoms. The Labute approximate surface area is 70.6 Å². The van der Waals surface area contributed by atoms with Crippen molar-refractivity contribution in [1.82, 2.24) is 10.6 Å². The van der Waals surface area contributed by atoms with Crippen LogP contribution in [0.15, 0.2) is 17.5 Å². The third-order valence-corrected chi connectivity index (χ3v) is 2.80. The lowest BCUT2D eigenvalue weighted by Crippen LogP contribution is -2.54. The smallest absolute Gasteiger partial charge is 0.0320 e. The molecule has 0 bridgehead atoms. The van der Waals surface area contributed by atoms with Gasteiger partial charge in [-0.05, 0) is 11.4 Å². The van der Waals surface area contributed by atoms with E-state index in [1.807, 2.05) is 11.3 Å². The zero-order valence-electron chi connectivity index (χ0n) is 6.34. The number of hydrogen-bond donors (Lipinski definition) is 2. The normalized spacial score (nSPS) is 18.2. The van der Waals surface area contributed by atoms with Crippen molar-refractivity contribution in [1.29, 1.82) is 0 Å². The van der Waals surface area contributed by atoms with Crippen molar-refractivity contribution < 1.29 is 0 Å². The Balaban J connectivity index is 1.74.